The molecule has 5 heterocycles. The summed E-state index contributed by atoms with van der Waals surface area (Å²) in [4.78, 5) is 39.4. The fourth-order valence-electron chi connectivity index (χ4n) is 4.23. The number of imide groups is 1. The molecule has 0 atom stereocenters. The number of nitrogens with zero attached hydrogens (tertiary/aromatic N) is 5. The van der Waals surface area contributed by atoms with E-state index in [4.69, 9.17) is 9.72 Å². The predicted molar refractivity (Wildman–Crippen MR) is 136 cm³/mol. The Hall–Kier alpha value is -3.77. The molecule has 3 aromatic rings. The van der Waals surface area contributed by atoms with Gasteiger partial charge in [0.05, 0.1) is 34.8 Å². The van der Waals surface area contributed by atoms with Crippen LogP contribution in [0, 0.1) is 5.92 Å². The van der Waals surface area contributed by atoms with Crippen LogP contribution in [0.5, 0.6) is 5.75 Å². The lowest BCUT2D eigenvalue weighted by atomic mass is 9.97. The van der Waals surface area contributed by atoms with Gasteiger partial charge in [0, 0.05) is 32.0 Å². The molecule has 3 N–H and O–H groups in total. The Bertz CT molecular complexity index is 1270. The van der Waals surface area contributed by atoms with Crippen LogP contribution in [0.4, 0.5) is 10.7 Å². The number of aromatic amines is 1. The summed E-state index contributed by atoms with van der Waals surface area (Å²) in [5.74, 6) is 1.53. The number of ether oxygens (including phenoxy) is 1. The number of hydrogen-bond donors (Lipinski definition) is 3. The van der Waals surface area contributed by atoms with Crippen LogP contribution >= 0.6 is 11.8 Å². The number of H-pyrrole nitrogens is 1. The van der Waals surface area contributed by atoms with Gasteiger partial charge in [-0.15, -0.1) is 0 Å². The summed E-state index contributed by atoms with van der Waals surface area (Å²) in [6, 6.07) is 7.47. The lowest BCUT2D eigenvalue weighted by Gasteiger charge is -2.32. The third kappa shape index (κ3) is 5.55. The van der Waals surface area contributed by atoms with Crippen molar-refractivity contribution in [2.24, 2.45) is 5.92 Å². The van der Waals surface area contributed by atoms with Crippen molar-refractivity contribution in [3.05, 3.63) is 53.0 Å². The molecule has 2 saturated heterocycles. The van der Waals surface area contributed by atoms with Crippen molar-refractivity contribution in [1.29, 1.82) is 0 Å². The largest absolute Gasteiger partial charge is 0.495 e. The zero-order chi connectivity index (χ0) is 24.9. The zero-order valence-corrected chi connectivity index (χ0v) is 20.5. The second-order valence-electron chi connectivity index (χ2n) is 8.51. The predicted octanol–water partition coefficient (Wildman–Crippen LogP) is 2.60. The minimum atomic E-state index is -0.390. The maximum Gasteiger partial charge on any atom is 0.290 e. The molecule has 36 heavy (non-hydrogen) atoms. The highest BCUT2D eigenvalue weighted by Gasteiger charge is 2.26. The summed E-state index contributed by atoms with van der Waals surface area (Å²) in [5, 5.41) is 12.4. The average Bonchev–Trinajstić information content (AvgIpc) is 3.54. The number of carbonyl (C=O) groups is 2. The molecule has 2 aliphatic heterocycles. The summed E-state index contributed by atoms with van der Waals surface area (Å²) in [6.45, 7) is 3.17. The van der Waals surface area contributed by atoms with Crippen molar-refractivity contribution in [3.8, 4) is 17.1 Å². The summed E-state index contributed by atoms with van der Waals surface area (Å²) in [5.41, 5.74) is 3.16. The maximum atomic E-state index is 11.8. The monoisotopic (exact) mass is 506 g/mol. The van der Waals surface area contributed by atoms with Crippen LogP contribution in [0.15, 0.2) is 41.6 Å². The summed E-state index contributed by atoms with van der Waals surface area (Å²) < 4.78 is 5.49. The van der Waals surface area contributed by atoms with Crippen LogP contribution in [0.3, 0.4) is 0 Å². The first-order valence-electron chi connectivity index (χ1n) is 11.7. The van der Waals surface area contributed by atoms with Gasteiger partial charge in [-0.25, -0.2) is 15.0 Å². The van der Waals surface area contributed by atoms with E-state index in [9.17, 15) is 9.59 Å². The molecule has 186 valence electrons. The van der Waals surface area contributed by atoms with Gasteiger partial charge >= 0.3 is 0 Å². The zero-order valence-electron chi connectivity index (χ0n) is 19.7. The van der Waals surface area contributed by atoms with E-state index in [1.807, 2.05) is 18.2 Å². The van der Waals surface area contributed by atoms with Gasteiger partial charge in [-0.1, -0.05) is 0 Å². The smallest absolute Gasteiger partial charge is 0.290 e. The Morgan fingerprint density at radius 1 is 1.17 bits per heavy atom. The topological polar surface area (TPSA) is 138 Å². The second-order valence-corrected chi connectivity index (χ2v) is 9.53. The van der Waals surface area contributed by atoms with E-state index in [-0.39, 0.29) is 11.1 Å². The van der Waals surface area contributed by atoms with Gasteiger partial charge in [0.2, 0.25) is 5.95 Å². The minimum absolute atomic E-state index is 0.343. The van der Waals surface area contributed by atoms with E-state index in [1.165, 1.54) is 0 Å². The number of anilines is 1. The molecular weight excluding hydrogens is 480 g/mol. The van der Waals surface area contributed by atoms with Crippen molar-refractivity contribution >= 4 is 34.9 Å². The molecule has 5 rings (SSSR count). The third-order valence-corrected chi connectivity index (χ3v) is 6.95. The number of amides is 2. The standard InChI is InChI=1S/C24H26N8O3S/c1-35-20-3-2-17(18-5-9-27-31-18)29-19(20)14-25-13-15-6-10-32(11-7-15)23-26-8-4-16(28-23)12-21-22(33)30-24(34)36-21/h2-5,8-9,12,15,25H,6-7,10-11,13-14H2,1H3,(H,27,31)(H,30,33,34). The number of pyridine rings is 1. The highest BCUT2D eigenvalue weighted by Crippen LogP contribution is 2.26. The number of piperidine rings is 1. The molecule has 0 aromatic carbocycles. The van der Waals surface area contributed by atoms with Crippen LogP contribution in [-0.4, -0.2) is 63.0 Å². The molecule has 0 aliphatic carbocycles. The Labute approximate surface area is 212 Å². The van der Waals surface area contributed by atoms with Crippen molar-refractivity contribution in [1.82, 2.24) is 35.8 Å². The van der Waals surface area contributed by atoms with Gasteiger partial charge in [0.15, 0.2) is 0 Å². The molecule has 0 spiro atoms. The molecule has 3 aromatic heterocycles. The van der Waals surface area contributed by atoms with Gasteiger partial charge in [-0.2, -0.15) is 5.10 Å². The average molecular weight is 507 g/mol. The normalized spacial score (nSPS) is 17.6. The van der Waals surface area contributed by atoms with E-state index in [2.05, 4.69) is 35.7 Å². The number of rotatable bonds is 8. The molecule has 2 fully saturated rings. The highest BCUT2D eigenvalue weighted by atomic mass is 32.2. The maximum absolute atomic E-state index is 11.8. The Kier molecular flexibility index (Phi) is 7.23. The van der Waals surface area contributed by atoms with E-state index in [0.717, 1.165) is 67.1 Å². The van der Waals surface area contributed by atoms with E-state index in [0.29, 0.717) is 29.0 Å². The van der Waals surface area contributed by atoms with Crippen molar-refractivity contribution in [2.45, 2.75) is 19.4 Å². The Balaban J connectivity index is 1.14. The lowest BCUT2D eigenvalue weighted by molar-refractivity contribution is -0.115. The van der Waals surface area contributed by atoms with Crippen LogP contribution in [0.2, 0.25) is 0 Å². The van der Waals surface area contributed by atoms with Gasteiger partial charge in [-0.3, -0.25) is 20.0 Å². The first-order chi connectivity index (χ1) is 17.6. The van der Waals surface area contributed by atoms with Crippen LogP contribution < -0.4 is 20.3 Å². The molecule has 12 heteroatoms. The fraction of sp³-hybridized carbons (Fsp3) is 0.333. The Morgan fingerprint density at radius 3 is 2.75 bits per heavy atom. The fourth-order valence-corrected chi connectivity index (χ4v) is 4.90. The SMILES string of the molecule is COc1ccc(-c2ccn[nH]2)nc1CNCC1CCN(c2nccc(C=C3SC(=O)NC3=O)n2)CC1. The van der Waals surface area contributed by atoms with Gasteiger partial charge in [0.1, 0.15) is 5.75 Å². The molecule has 0 unspecified atom stereocenters. The van der Waals surface area contributed by atoms with E-state index in [1.54, 1.807) is 31.6 Å². The van der Waals surface area contributed by atoms with Crippen molar-refractivity contribution in [2.75, 3.05) is 31.6 Å². The summed E-state index contributed by atoms with van der Waals surface area (Å²) >= 11 is 0.882. The first kappa shape index (κ1) is 23.9. The van der Waals surface area contributed by atoms with Gasteiger partial charge in [0.25, 0.3) is 11.1 Å². The lowest BCUT2D eigenvalue weighted by Crippen LogP contribution is -2.38. The van der Waals surface area contributed by atoms with Crippen LogP contribution in [0.25, 0.3) is 17.5 Å². The molecule has 2 aliphatic rings. The number of nitrogens with one attached hydrogen (secondary N) is 3. The highest BCUT2D eigenvalue weighted by molar-refractivity contribution is 8.18. The van der Waals surface area contributed by atoms with Crippen LogP contribution in [0.1, 0.15) is 24.2 Å². The summed E-state index contributed by atoms with van der Waals surface area (Å²) in [7, 11) is 1.65. The molecule has 0 bridgehead atoms. The van der Waals surface area contributed by atoms with E-state index >= 15 is 0 Å². The molecule has 2 amide bonds. The van der Waals surface area contributed by atoms with Gasteiger partial charge in [-0.05, 0) is 67.4 Å². The minimum Gasteiger partial charge on any atom is -0.495 e. The number of carbonyl (C=O) groups excluding carboxylic acids is 2. The van der Waals surface area contributed by atoms with Gasteiger partial charge < -0.3 is 15.0 Å². The number of thioether (sulfide) groups is 1. The quantitative estimate of drug-likeness (QED) is 0.391. The number of methoxy groups -OCH3 is 1. The molecule has 0 saturated carbocycles. The number of hydrogen-bond acceptors (Lipinski definition) is 10. The first-order valence-corrected chi connectivity index (χ1v) is 12.5. The van der Waals surface area contributed by atoms with Crippen LogP contribution in [-0.2, 0) is 11.3 Å². The molecule has 0 radical (unpaired) electrons. The molecule has 11 nitrogen and oxygen atoms in total. The van der Waals surface area contributed by atoms with Crippen molar-refractivity contribution < 1.29 is 14.3 Å². The van der Waals surface area contributed by atoms with E-state index < -0.39 is 0 Å². The Morgan fingerprint density at radius 2 is 2.03 bits per heavy atom. The molecular formula is C24H26N8O3S. The summed E-state index contributed by atoms with van der Waals surface area (Å²) in [6.07, 6.45) is 7.02. The number of aromatic nitrogens is 5. The van der Waals surface area contributed by atoms with Crippen molar-refractivity contribution in [3.63, 3.8) is 0 Å². The second kappa shape index (κ2) is 10.9. The third-order valence-electron chi connectivity index (χ3n) is 6.14.